The first-order valence-corrected chi connectivity index (χ1v) is 9.06. The number of aromatic nitrogens is 1. The van der Waals surface area contributed by atoms with E-state index >= 15 is 0 Å². The lowest BCUT2D eigenvalue weighted by molar-refractivity contribution is 0.103. The molecule has 0 saturated carbocycles. The van der Waals surface area contributed by atoms with Crippen molar-refractivity contribution >= 4 is 29.0 Å². The Morgan fingerprint density at radius 2 is 1.89 bits per heavy atom. The number of ketones is 1. The van der Waals surface area contributed by atoms with Gasteiger partial charge in [-0.05, 0) is 38.0 Å². The fourth-order valence-corrected chi connectivity index (χ4v) is 3.37. The molecular weight excluding hydrogens is 391 g/mol. The van der Waals surface area contributed by atoms with E-state index in [1.165, 1.54) is 19.1 Å². The van der Waals surface area contributed by atoms with Gasteiger partial charge < -0.3 is 9.84 Å². The Balaban J connectivity index is 2.72. The van der Waals surface area contributed by atoms with Crippen molar-refractivity contribution in [2.75, 3.05) is 6.61 Å². The highest BCUT2D eigenvalue weighted by atomic mass is 35.5. The molecule has 8 heteroatoms. The third kappa shape index (κ3) is 3.80. The number of ether oxygens (including phenoxy) is 1. The van der Waals surface area contributed by atoms with Gasteiger partial charge >= 0.3 is 0 Å². The van der Waals surface area contributed by atoms with Crippen LogP contribution in [0.4, 0.5) is 0 Å². The number of nitrogens with zero attached hydrogens (tertiary/aromatic N) is 2. The van der Waals surface area contributed by atoms with Crippen LogP contribution in [0.1, 0.15) is 47.3 Å². The second-order valence-electron chi connectivity index (χ2n) is 5.80. The van der Waals surface area contributed by atoms with Crippen molar-refractivity contribution in [2.24, 2.45) is 0 Å². The average molecular weight is 409 g/mol. The SMILES string of the molecule is CCCn1c(O)c(C(=O)c2cc(Cl)c(OCC)c(Cl)c2)c(C)c(C#N)c1=O. The Kier molecular flexibility index (Phi) is 6.53. The van der Waals surface area contributed by atoms with Gasteiger partial charge in [-0.25, -0.2) is 0 Å². The standard InChI is InChI=1S/C19H18Cl2N2O4/c1-4-6-23-18(25)12(9-22)10(3)15(19(23)26)16(24)11-7-13(20)17(27-5-2)14(21)8-11/h7-8,26H,4-6H2,1-3H3. The van der Waals surface area contributed by atoms with Crippen LogP contribution in [-0.2, 0) is 6.54 Å². The molecule has 0 amide bonds. The molecule has 1 N–H and O–H groups in total. The summed E-state index contributed by atoms with van der Waals surface area (Å²) in [6.45, 7) is 5.55. The molecule has 0 aliphatic carbocycles. The van der Waals surface area contributed by atoms with E-state index in [2.05, 4.69) is 0 Å². The minimum Gasteiger partial charge on any atom is -0.494 e. The van der Waals surface area contributed by atoms with Gasteiger partial charge in [0.2, 0.25) is 5.88 Å². The number of rotatable bonds is 6. The van der Waals surface area contributed by atoms with E-state index in [9.17, 15) is 20.0 Å². The molecule has 0 atom stereocenters. The minimum atomic E-state index is -0.631. The summed E-state index contributed by atoms with van der Waals surface area (Å²) in [7, 11) is 0. The van der Waals surface area contributed by atoms with E-state index in [4.69, 9.17) is 27.9 Å². The summed E-state index contributed by atoms with van der Waals surface area (Å²) in [6.07, 6.45) is 0.537. The van der Waals surface area contributed by atoms with E-state index in [0.717, 1.165) is 4.57 Å². The summed E-state index contributed by atoms with van der Waals surface area (Å²) >= 11 is 12.3. The fourth-order valence-electron chi connectivity index (χ4n) is 2.77. The molecule has 0 bridgehead atoms. The summed E-state index contributed by atoms with van der Waals surface area (Å²) in [6, 6.07) is 4.57. The smallest absolute Gasteiger partial charge is 0.271 e. The van der Waals surface area contributed by atoms with Crippen molar-refractivity contribution < 1.29 is 14.6 Å². The van der Waals surface area contributed by atoms with Crippen molar-refractivity contribution in [3.05, 3.63) is 54.8 Å². The van der Waals surface area contributed by atoms with Crippen molar-refractivity contribution in [1.29, 1.82) is 5.26 Å². The molecule has 0 aliphatic heterocycles. The van der Waals surface area contributed by atoms with Crippen LogP contribution in [0.15, 0.2) is 16.9 Å². The van der Waals surface area contributed by atoms with Gasteiger partial charge in [0.1, 0.15) is 11.6 Å². The van der Waals surface area contributed by atoms with E-state index in [1.54, 1.807) is 6.92 Å². The third-order valence-corrected chi connectivity index (χ3v) is 4.59. The Hall–Kier alpha value is -2.49. The maximum atomic E-state index is 13.1. The van der Waals surface area contributed by atoms with Gasteiger partial charge in [0, 0.05) is 12.1 Å². The van der Waals surface area contributed by atoms with Gasteiger partial charge in [0.15, 0.2) is 11.5 Å². The van der Waals surface area contributed by atoms with Gasteiger partial charge in [-0.15, -0.1) is 0 Å². The van der Waals surface area contributed by atoms with Crippen LogP contribution in [0.25, 0.3) is 0 Å². The summed E-state index contributed by atoms with van der Waals surface area (Å²) in [5.74, 6) is -0.824. The number of aromatic hydroxyl groups is 1. The first-order chi connectivity index (χ1) is 12.8. The van der Waals surface area contributed by atoms with Crippen LogP contribution < -0.4 is 10.3 Å². The maximum Gasteiger partial charge on any atom is 0.271 e. The molecule has 0 unspecified atom stereocenters. The van der Waals surface area contributed by atoms with Gasteiger partial charge in [-0.1, -0.05) is 30.1 Å². The molecule has 1 heterocycles. The van der Waals surface area contributed by atoms with Crippen LogP contribution >= 0.6 is 23.2 Å². The summed E-state index contributed by atoms with van der Waals surface area (Å²) in [5.41, 5.74) is -0.729. The fraction of sp³-hybridized carbons (Fsp3) is 0.316. The zero-order valence-electron chi connectivity index (χ0n) is 15.1. The van der Waals surface area contributed by atoms with Crippen molar-refractivity contribution in [3.8, 4) is 17.7 Å². The summed E-state index contributed by atoms with van der Waals surface area (Å²) < 4.78 is 6.37. The molecular formula is C19H18Cl2N2O4. The number of nitriles is 1. The number of carbonyl (C=O) groups excluding carboxylic acids is 1. The van der Waals surface area contributed by atoms with Crippen molar-refractivity contribution in [3.63, 3.8) is 0 Å². The largest absolute Gasteiger partial charge is 0.494 e. The molecule has 0 saturated heterocycles. The average Bonchev–Trinajstić information content (AvgIpc) is 2.62. The number of halogens is 2. The molecule has 0 radical (unpaired) electrons. The van der Waals surface area contributed by atoms with E-state index in [1.807, 2.05) is 13.0 Å². The topological polar surface area (TPSA) is 92.3 Å². The highest BCUT2D eigenvalue weighted by Gasteiger charge is 2.25. The lowest BCUT2D eigenvalue weighted by Gasteiger charge is -2.16. The quantitative estimate of drug-likeness (QED) is 0.726. The van der Waals surface area contributed by atoms with Gasteiger partial charge in [-0.2, -0.15) is 5.26 Å². The number of carbonyl (C=O) groups is 1. The first-order valence-electron chi connectivity index (χ1n) is 8.31. The highest BCUT2D eigenvalue weighted by molar-refractivity contribution is 6.38. The molecule has 27 heavy (non-hydrogen) atoms. The van der Waals surface area contributed by atoms with Gasteiger partial charge in [0.05, 0.1) is 22.2 Å². The lowest BCUT2D eigenvalue weighted by atomic mass is 9.97. The monoisotopic (exact) mass is 408 g/mol. The molecule has 2 rings (SSSR count). The Morgan fingerprint density at radius 1 is 1.30 bits per heavy atom. The molecule has 6 nitrogen and oxygen atoms in total. The van der Waals surface area contributed by atoms with E-state index in [-0.39, 0.29) is 44.6 Å². The molecule has 0 aliphatic rings. The highest BCUT2D eigenvalue weighted by Crippen LogP contribution is 2.36. The molecule has 1 aromatic carbocycles. The Labute approximate surface area is 166 Å². The Morgan fingerprint density at radius 3 is 2.37 bits per heavy atom. The van der Waals surface area contributed by atoms with Crippen LogP contribution in [-0.4, -0.2) is 22.1 Å². The number of hydrogen-bond acceptors (Lipinski definition) is 5. The van der Waals surface area contributed by atoms with Crippen molar-refractivity contribution in [2.45, 2.75) is 33.7 Å². The lowest BCUT2D eigenvalue weighted by Crippen LogP contribution is -2.26. The Bertz CT molecular complexity index is 983. The third-order valence-electron chi connectivity index (χ3n) is 4.02. The maximum absolute atomic E-state index is 13.1. The zero-order valence-corrected chi connectivity index (χ0v) is 16.6. The van der Waals surface area contributed by atoms with Crippen LogP contribution in [0, 0.1) is 18.3 Å². The molecule has 0 fully saturated rings. The van der Waals surface area contributed by atoms with Crippen molar-refractivity contribution in [1.82, 2.24) is 4.57 Å². The zero-order chi connectivity index (χ0) is 20.3. The van der Waals surface area contributed by atoms with E-state index in [0.29, 0.717) is 13.0 Å². The first kappa shape index (κ1) is 20.8. The summed E-state index contributed by atoms with van der Waals surface area (Å²) in [4.78, 5) is 25.4. The van der Waals surface area contributed by atoms with Gasteiger partial charge in [0.25, 0.3) is 5.56 Å². The minimum absolute atomic E-state index is 0.109. The number of hydrogen-bond donors (Lipinski definition) is 1. The molecule has 1 aromatic heterocycles. The van der Waals surface area contributed by atoms with Crippen LogP contribution in [0.5, 0.6) is 11.6 Å². The van der Waals surface area contributed by atoms with E-state index < -0.39 is 17.2 Å². The molecule has 142 valence electrons. The predicted octanol–water partition coefficient (Wildman–Crippen LogP) is 4.08. The van der Waals surface area contributed by atoms with Crippen LogP contribution in [0.2, 0.25) is 10.0 Å². The normalized spacial score (nSPS) is 10.5. The number of benzene rings is 1. The second-order valence-corrected chi connectivity index (χ2v) is 6.61. The second kappa shape index (κ2) is 8.47. The summed E-state index contributed by atoms with van der Waals surface area (Å²) in [5, 5.41) is 20.2. The number of pyridine rings is 1. The molecule has 0 spiro atoms. The van der Waals surface area contributed by atoms with Crippen LogP contribution in [0.3, 0.4) is 0 Å². The molecule has 2 aromatic rings. The predicted molar refractivity (Wildman–Crippen MR) is 103 cm³/mol. The van der Waals surface area contributed by atoms with Gasteiger partial charge in [-0.3, -0.25) is 14.2 Å².